The third kappa shape index (κ3) is 2.91. The van der Waals surface area contributed by atoms with Crippen molar-refractivity contribution in [3.05, 3.63) is 46.5 Å². The van der Waals surface area contributed by atoms with E-state index < -0.39 is 0 Å². The Bertz CT molecular complexity index is 1220. The molecule has 152 valence electrons. The first-order valence-corrected chi connectivity index (χ1v) is 11.0. The standard InChI is InChI=1S/C22H19ClN4O2S/c23-19-14(13-2-1-3-17-18(13)16(10-24)21(25)30-17)4-5-15-20(19)29-9-6-12-11-26-7-8-27(12)22(15)28/h1-5,12,26H,6-9,11,25H2/t12-/m0/s1. The molecular weight excluding hydrogens is 420 g/mol. The zero-order valence-electron chi connectivity index (χ0n) is 16.1. The summed E-state index contributed by atoms with van der Waals surface area (Å²) >= 11 is 8.19. The minimum Gasteiger partial charge on any atom is -0.491 e. The quantitative estimate of drug-likeness (QED) is 0.601. The third-order valence-corrected chi connectivity index (χ3v) is 7.14. The van der Waals surface area contributed by atoms with Gasteiger partial charge in [-0.2, -0.15) is 5.26 Å². The van der Waals surface area contributed by atoms with Crippen LogP contribution in [0.3, 0.4) is 0 Å². The molecule has 1 atom stereocenters. The van der Waals surface area contributed by atoms with Gasteiger partial charge >= 0.3 is 0 Å². The number of piperazine rings is 1. The molecule has 2 aliphatic heterocycles. The highest BCUT2D eigenvalue weighted by Crippen LogP contribution is 2.45. The first-order valence-electron chi connectivity index (χ1n) is 9.78. The average Bonchev–Trinajstić information content (AvgIpc) is 3.08. The van der Waals surface area contributed by atoms with Gasteiger partial charge in [-0.05, 0) is 17.7 Å². The number of carbonyl (C=O) groups excluding carboxylic acids is 1. The van der Waals surface area contributed by atoms with E-state index in [0.29, 0.717) is 40.1 Å². The molecule has 2 aromatic carbocycles. The number of ether oxygens (including phenoxy) is 1. The number of nitrogen functional groups attached to an aromatic ring is 1. The maximum Gasteiger partial charge on any atom is 0.258 e. The summed E-state index contributed by atoms with van der Waals surface area (Å²) in [6.45, 7) is 2.70. The van der Waals surface area contributed by atoms with E-state index in [4.69, 9.17) is 22.1 Å². The van der Waals surface area contributed by atoms with E-state index in [9.17, 15) is 10.1 Å². The van der Waals surface area contributed by atoms with Crippen LogP contribution in [0.4, 0.5) is 5.00 Å². The van der Waals surface area contributed by atoms with Gasteiger partial charge in [-0.15, -0.1) is 11.3 Å². The molecule has 3 aromatic rings. The monoisotopic (exact) mass is 438 g/mol. The van der Waals surface area contributed by atoms with E-state index in [1.807, 2.05) is 29.2 Å². The maximum absolute atomic E-state index is 13.2. The van der Waals surface area contributed by atoms with Gasteiger partial charge in [0.2, 0.25) is 0 Å². The highest BCUT2D eigenvalue weighted by atomic mass is 35.5. The van der Waals surface area contributed by atoms with E-state index in [0.717, 1.165) is 40.7 Å². The molecule has 2 aliphatic rings. The smallest absolute Gasteiger partial charge is 0.258 e. The lowest BCUT2D eigenvalue weighted by Gasteiger charge is -2.38. The normalized spacial score (nSPS) is 18.7. The molecule has 1 amide bonds. The maximum atomic E-state index is 13.2. The van der Waals surface area contributed by atoms with Gasteiger partial charge < -0.3 is 20.7 Å². The number of nitrogens with two attached hydrogens (primary N) is 1. The summed E-state index contributed by atoms with van der Waals surface area (Å²) in [4.78, 5) is 15.2. The van der Waals surface area contributed by atoms with Crippen LogP contribution in [0.2, 0.25) is 5.02 Å². The number of nitrogens with one attached hydrogen (secondary N) is 1. The van der Waals surface area contributed by atoms with Crippen molar-refractivity contribution in [3.8, 4) is 22.9 Å². The molecule has 8 heteroatoms. The molecule has 1 fully saturated rings. The van der Waals surface area contributed by atoms with Crippen molar-refractivity contribution < 1.29 is 9.53 Å². The van der Waals surface area contributed by atoms with Gasteiger partial charge in [-0.1, -0.05) is 29.8 Å². The number of nitrogens with zero attached hydrogens (tertiary/aromatic N) is 2. The number of fused-ring (bicyclic) bond motifs is 3. The van der Waals surface area contributed by atoms with Gasteiger partial charge in [-0.3, -0.25) is 4.79 Å². The first kappa shape index (κ1) is 19.2. The second kappa shape index (κ2) is 7.47. The fraction of sp³-hybridized carbons (Fsp3) is 0.273. The van der Waals surface area contributed by atoms with Crippen molar-refractivity contribution in [2.45, 2.75) is 12.5 Å². The molecule has 0 spiro atoms. The molecule has 1 saturated heterocycles. The van der Waals surface area contributed by atoms with Crippen LogP contribution in [0.15, 0.2) is 30.3 Å². The third-order valence-electron chi connectivity index (χ3n) is 5.78. The molecule has 0 saturated carbocycles. The van der Waals surface area contributed by atoms with E-state index in [1.165, 1.54) is 11.3 Å². The van der Waals surface area contributed by atoms with Crippen molar-refractivity contribution in [2.24, 2.45) is 0 Å². The minimum atomic E-state index is -0.0552. The van der Waals surface area contributed by atoms with Gasteiger partial charge in [0.1, 0.15) is 11.1 Å². The van der Waals surface area contributed by atoms with Gasteiger partial charge in [0, 0.05) is 47.7 Å². The average molecular weight is 439 g/mol. The van der Waals surface area contributed by atoms with Crippen molar-refractivity contribution in [3.63, 3.8) is 0 Å². The topological polar surface area (TPSA) is 91.4 Å². The molecule has 1 aromatic heterocycles. The number of carbonyl (C=O) groups is 1. The number of nitriles is 1. The molecule has 3 heterocycles. The number of halogens is 1. The van der Waals surface area contributed by atoms with E-state index in [1.54, 1.807) is 6.07 Å². The van der Waals surface area contributed by atoms with Gasteiger partial charge in [0.25, 0.3) is 5.91 Å². The lowest BCUT2D eigenvalue weighted by Crippen LogP contribution is -2.54. The number of thiophene rings is 1. The second-order valence-corrected chi connectivity index (χ2v) is 8.89. The van der Waals surface area contributed by atoms with Crippen LogP contribution in [0.25, 0.3) is 21.2 Å². The minimum absolute atomic E-state index is 0.0552. The fourth-order valence-electron chi connectivity index (χ4n) is 4.31. The fourth-order valence-corrected chi connectivity index (χ4v) is 5.58. The first-order chi connectivity index (χ1) is 14.6. The van der Waals surface area contributed by atoms with Crippen molar-refractivity contribution in [1.82, 2.24) is 10.2 Å². The second-order valence-electron chi connectivity index (χ2n) is 7.43. The molecule has 5 rings (SSSR count). The van der Waals surface area contributed by atoms with E-state index in [2.05, 4.69) is 11.4 Å². The molecule has 0 aliphatic carbocycles. The largest absolute Gasteiger partial charge is 0.491 e. The number of anilines is 1. The predicted octanol–water partition coefficient (Wildman–Crippen LogP) is 3.87. The molecule has 30 heavy (non-hydrogen) atoms. The molecule has 0 unspecified atom stereocenters. The Hall–Kier alpha value is -2.79. The van der Waals surface area contributed by atoms with Crippen LogP contribution in [0, 0.1) is 11.3 Å². The van der Waals surface area contributed by atoms with Crippen LogP contribution in [-0.2, 0) is 0 Å². The van der Waals surface area contributed by atoms with Crippen LogP contribution >= 0.6 is 22.9 Å². The van der Waals surface area contributed by atoms with Gasteiger partial charge in [-0.25, -0.2) is 0 Å². The SMILES string of the molecule is N#Cc1c(N)sc2cccc(-c3ccc4c(c3Cl)OCC[C@H]3CNCCN3C4=O)c12. The van der Waals surface area contributed by atoms with Crippen molar-refractivity contribution in [1.29, 1.82) is 5.26 Å². The molecule has 0 bridgehead atoms. The summed E-state index contributed by atoms with van der Waals surface area (Å²) in [5.41, 5.74) is 8.52. The van der Waals surface area contributed by atoms with Crippen LogP contribution in [-0.4, -0.2) is 43.1 Å². The Morgan fingerprint density at radius 3 is 2.93 bits per heavy atom. The van der Waals surface area contributed by atoms with Gasteiger partial charge in [0.15, 0.2) is 5.75 Å². The molecular formula is C22H19ClN4O2S. The highest BCUT2D eigenvalue weighted by Gasteiger charge is 2.32. The predicted molar refractivity (Wildman–Crippen MR) is 119 cm³/mol. The Labute approximate surface area is 182 Å². The van der Waals surface area contributed by atoms with Crippen molar-refractivity contribution >= 4 is 43.9 Å². The van der Waals surface area contributed by atoms with Crippen LogP contribution in [0.1, 0.15) is 22.3 Å². The lowest BCUT2D eigenvalue weighted by atomic mass is 9.96. The van der Waals surface area contributed by atoms with Gasteiger partial charge in [0.05, 0.1) is 22.8 Å². The Morgan fingerprint density at radius 1 is 1.27 bits per heavy atom. The number of benzene rings is 2. The Morgan fingerprint density at radius 2 is 2.10 bits per heavy atom. The van der Waals surface area contributed by atoms with E-state index in [-0.39, 0.29) is 11.9 Å². The molecule has 6 nitrogen and oxygen atoms in total. The summed E-state index contributed by atoms with van der Waals surface area (Å²) in [5.74, 6) is 0.357. The number of rotatable bonds is 1. The number of amides is 1. The summed E-state index contributed by atoms with van der Waals surface area (Å²) in [7, 11) is 0. The number of hydrogen-bond donors (Lipinski definition) is 2. The summed E-state index contributed by atoms with van der Waals surface area (Å²) < 4.78 is 6.94. The van der Waals surface area contributed by atoms with Crippen molar-refractivity contribution in [2.75, 3.05) is 32.0 Å². The zero-order chi connectivity index (χ0) is 20.8. The Kier molecular flexibility index (Phi) is 4.78. The zero-order valence-corrected chi connectivity index (χ0v) is 17.6. The van der Waals surface area contributed by atoms with Crippen LogP contribution < -0.4 is 15.8 Å². The summed E-state index contributed by atoms with van der Waals surface area (Å²) in [5, 5.41) is 14.6. The molecule has 3 N–H and O–H groups in total. The lowest BCUT2D eigenvalue weighted by molar-refractivity contribution is 0.0576. The highest BCUT2D eigenvalue weighted by molar-refractivity contribution is 7.23. The molecule has 0 radical (unpaired) electrons. The summed E-state index contributed by atoms with van der Waals surface area (Å²) in [6.07, 6.45) is 0.744. The number of hydrogen-bond acceptors (Lipinski definition) is 6. The Balaban J connectivity index is 1.67. The summed E-state index contributed by atoms with van der Waals surface area (Å²) in [6, 6.07) is 11.7. The van der Waals surface area contributed by atoms with Crippen LogP contribution in [0.5, 0.6) is 5.75 Å². The van der Waals surface area contributed by atoms with E-state index >= 15 is 0 Å².